The Labute approximate surface area is 106 Å². The molecular weight excluding hydrogens is 237 g/mol. The van der Waals surface area contributed by atoms with Gasteiger partial charge < -0.3 is 14.4 Å². The fourth-order valence-corrected chi connectivity index (χ4v) is 2.03. The number of rotatable bonds is 4. The molecule has 18 heavy (non-hydrogen) atoms. The van der Waals surface area contributed by atoms with Gasteiger partial charge >= 0.3 is 0 Å². The summed E-state index contributed by atoms with van der Waals surface area (Å²) in [5, 5.41) is 0. The van der Waals surface area contributed by atoms with E-state index in [2.05, 4.69) is 9.97 Å². The molecule has 2 rings (SSSR count). The zero-order valence-corrected chi connectivity index (χ0v) is 10.7. The molecule has 1 saturated heterocycles. The van der Waals surface area contributed by atoms with Crippen LogP contribution in [0.2, 0.25) is 0 Å². The summed E-state index contributed by atoms with van der Waals surface area (Å²) in [4.78, 5) is 10.6. The summed E-state index contributed by atoms with van der Waals surface area (Å²) in [6.07, 6.45) is 1.67. The first-order valence-electron chi connectivity index (χ1n) is 6.04. The van der Waals surface area contributed by atoms with Crippen LogP contribution in [-0.4, -0.2) is 44.0 Å². The van der Waals surface area contributed by atoms with E-state index in [4.69, 9.17) is 9.47 Å². The van der Waals surface area contributed by atoms with Gasteiger partial charge in [0.15, 0.2) is 0 Å². The van der Waals surface area contributed by atoms with E-state index in [1.165, 1.54) is 0 Å². The fraction of sp³-hybridized carbons (Fsp3) is 0.667. The summed E-state index contributed by atoms with van der Waals surface area (Å²) in [5.41, 5.74) is 0. The summed E-state index contributed by atoms with van der Waals surface area (Å²) in [6, 6.07) is 1.64. The molecule has 1 fully saturated rings. The number of hydrogen-bond acceptors (Lipinski definition) is 5. The molecular formula is C12H18FN3O2. The molecule has 0 aromatic carbocycles. The minimum atomic E-state index is -0.240. The van der Waals surface area contributed by atoms with Crippen molar-refractivity contribution in [2.24, 2.45) is 5.92 Å². The third kappa shape index (κ3) is 2.80. The highest BCUT2D eigenvalue weighted by Gasteiger charge is 2.21. The second kappa shape index (κ2) is 5.84. The van der Waals surface area contributed by atoms with Crippen molar-refractivity contribution >= 4 is 5.95 Å². The molecule has 0 bridgehead atoms. The molecule has 6 heteroatoms. The molecule has 2 heterocycles. The Morgan fingerprint density at radius 2 is 1.78 bits per heavy atom. The number of alkyl halides is 1. The van der Waals surface area contributed by atoms with Crippen molar-refractivity contribution < 1.29 is 13.9 Å². The van der Waals surface area contributed by atoms with Crippen LogP contribution in [0.3, 0.4) is 0 Å². The molecule has 1 aliphatic rings. The van der Waals surface area contributed by atoms with Gasteiger partial charge in [-0.15, -0.1) is 0 Å². The third-order valence-corrected chi connectivity index (χ3v) is 3.20. The maximum Gasteiger partial charge on any atom is 0.231 e. The van der Waals surface area contributed by atoms with Crippen LogP contribution < -0.4 is 14.4 Å². The van der Waals surface area contributed by atoms with E-state index in [-0.39, 0.29) is 12.6 Å². The van der Waals surface area contributed by atoms with E-state index >= 15 is 0 Å². The van der Waals surface area contributed by atoms with Gasteiger partial charge in [-0.05, 0) is 18.8 Å². The Bertz CT molecular complexity index is 373. The van der Waals surface area contributed by atoms with Crippen molar-refractivity contribution in [2.75, 3.05) is 38.9 Å². The largest absolute Gasteiger partial charge is 0.481 e. The van der Waals surface area contributed by atoms with Crippen LogP contribution in [0.25, 0.3) is 0 Å². The van der Waals surface area contributed by atoms with Crippen molar-refractivity contribution in [3.8, 4) is 11.8 Å². The van der Waals surface area contributed by atoms with Gasteiger partial charge in [-0.3, -0.25) is 4.39 Å². The molecule has 0 amide bonds. The molecule has 0 unspecified atom stereocenters. The number of methoxy groups -OCH3 is 2. The molecule has 100 valence electrons. The van der Waals surface area contributed by atoms with Crippen LogP contribution in [0.5, 0.6) is 11.8 Å². The average Bonchev–Trinajstić information content (AvgIpc) is 2.46. The summed E-state index contributed by atoms with van der Waals surface area (Å²) >= 11 is 0. The first kappa shape index (κ1) is 12.9. The van der Waals surface area contributed by atoms with Gasteiger partial charge in [-0.25, -0.2) is 0 Å². The van der Waals surface area contributed by atoms with Crippen molar-refractivity contribution in [1.29, 1.82) is 0 Å². The summed E-state index contributed by atoms with van der Waals surface area (Å²) in [6.45, 7) is 1.30. The van der Waals surface area contributed by atoms with E-state index in [1.54, 1.807) is 20.3 Å². The van der Waals surface area contributed by atoms with Crippen LogP contribution in [0.4, 0.5) is 10.3 Å². The lowest BCUT2D eigenvalue weighted by Crippen LogP contribution is -2.35. The van der Waals surface area contributed by atoms with Gasteiger partial charge in [0, 0.05) is 13.1 Å². The minimum Gasteiger partial charge on any atom is -0.481 e. The number of halogens is 1. The van der Waals surface area contributed by atoms with Crippen LogP contribution >= 0.6 is 0 Å². The number of hydrogen-bond donors (Lipinski definition) is 0. The highest BCUT2D eigenvalue weighted by molar-refractivity contribution is 5.37. The molecule has 0 radical (unpaired) electrons. The van der Waals surface area contributed by atoms with Gasteiger partial charge in [0.2, 0.25) is 17.7 Å². The standard InChI is InChI=1S/C12H18FN3O2/c1-17-10-7-11(18-2)15-12(14-10)16-5-3-9(8-13)4-6-16/h7,9H,3-6,8H2,1-2H3. The molecule has 0 N–H and O–H groups in total. The fourth-order valence-electron chi connectivity index (χ4n) is 2.03. The molecule has 0 saturated carbocycles. The predicted molar refractivity (Wildman–Crippen MR) is 66.0 cm³/mol. The average molecular weight is 255 g/mol. The number of ether oxygens (including phenoxy) is 2. The van der Waals surface area contributed by atoms with Crippen molar-refractivity contribution in [1.82, 2.24) is 9.97 Å². The Morgan fingerprint density at radius 3 is 2.22 bits per heavy atom. The Balaban J connectivity index is 2.13. The number of nitrogens with zero attached hydrogens (tertiary/aromatic N) is 3. The van der Waals surface area contributed by atoms with Crippen molar-refractivity contribution in [3.05, 3.63) is 6.07 Å². The highest BCUT2D eigenvalue weighted by Crippen LogP contribution is 2.24. The van der Waals surface area contributed by atoms with Crippen LogP contribution in [-0.2, 0) is 0 Å². The van der Waals surface area contributed by atoms with E-state index < -0.39 is 0 Å². The van der Waals surface area contributed by atoms with E-state index in [0.717, 1.165) is 25.9 Å². The molecule has 1 aromatic heterocycles. The van der Waals surface area contributed by atoms with E-state index in [1.807, 2.05) is 4.90 Å². The maximum atomic E-state index is 12.6. The van der Waals surface area contributed by atoms with E-state index in [9.17, 15) is 4.39 Å². The second-order valence-corrected chi connectivity index (χ2v) is 4.34. The maximum absolute atomic E-state index is 12.6. The lowest BCUT2D eigenvalue weighted by Gasteiger charge is -2.30. The molecule has 5 nitrogen and oxygen atoms in total. The SMILES string of the molecule is COc1cc(OC)nc(N2CCC(CF)CC2)n1. The predicted octanol–water partition coefficient (Wildman–Crippen LogP) is 1.68. The Kier molecular flexibility index (Phi) is 4.17. The minimum absolute atomic E-state index is 0.175. The normalized spacial score (nSPS) is 16.7. The Hall–Kier alpha value is -1.59. The molecule has 1 aliphatic heterocycles. The highest BCUT2D eigenvalue weighted by atomic mass is 19.1. The quantitative estimate of drug-likeness (QED) is 0.819. The van der Waals surface area contributed by atoms with Gasteiger partial charge in [0.05, 0.1) is 27.0 Å². The molecule has 1 aromatic rings. The summed E-state index contributed by atoms with van der Waals surface area (Å²) in [5.74, 6) is 1.71. The first-order valence-corrected chi connectivity index (χ1v) is 6.04. The monoisotopic (exact) mass is 255 g/mol. The third-order valence-electron chi connectivity index (χ3n) is 3.20. The van der Waals surface area contributed by atoms with Crippen LogP contribution in [0.1, 0.15) is 12.8 Å². The van der Waals surface area contributed by atoms with Gasteiger partial charge in [0.25, 0.3) is 0 Å². The lowest BCUT2D eigenvalue weighted by molar-refractivity contribution is 0.305. The van der Waals surface area contributed by atoms with Crippen molar-refractivity contribution in [2.45, 2.75) is 12.8 Å². The van der Waals surface area contributed by atoms with Gasteiger partial charge in [0.1, 0.15) is 0 Å². The topological polar surface area (TPSA) is 47.5 Å². The van der Waals surface area contributed by atoms with Crippen LogP contribution in [0, 0.1) is 5.92 Å². The molecule has 0 aliphatic carbocycles. The number of anilines is 1. The van der Waals surface area contributed by atoms with E-state index in [0.29, 0.717) is 17.7 Å². The van der Waals surface area contributed by atoms with Gasteiger partial charge in [-0.1, -0.05) is 0 Å². The Morgan fingerprint density at radius 1 is 1.22 bits per heavy atom. The zero-order chi connectivity index (χ0) is 13.0. The number of aromatic nitrogens is 2. The second-order valence-electron chi connectivity index (χ2n) is 4.34. The van der Waals surface area contributed by atoms with Crippen molar-refractivity contribution in [3.63, 3.8) is 0 Å². The summed E-state index contributed by atoms with van der Waals surface area (Å²) < 4.78 is 22.8. The molecule has 0 atom stereocenters. The molecule has 0 spiro atoms. The smallest absolute Gasteiger partial charge is 0.231 e. The number of piperidine rings is 1. The first-order chi connectivity index (χ1) is 8.76. The summed E-state index contributed by atoms with van der Waals surface area (Å²) in [7, 11) is 3.11. The lowest BCUT2D eigenvalue weighted by atomic mass is 9.99. The van der Waals surface area contributed by atoms with Gasteiger partial charge in [-0.2, -0.15) is 9.97 Å². The van der Waals surface area contributed by atoms with Crippen LogP contribution in [0.15, 0.2) is 6.07 Å². The zero-order valence-electron chi connectivity index (χ0n) is 10.7.